The van der Waals surface area contributed by atoms with Gasteiger partial charge in [0.25, 0.3) is 17.7 Å². The summed E-state index contributed by atoms with van der Waals surface area (Å²) in [4.78, 5) is 63.4. The predicted molar refractivity (Wildman–Crippen MR) is 221 cm³/mol. The van der Waals surface area contributed by atoms with Crippen LogP contribution in [0.25, 0.3) is 22.0 Å². The molecule has 3 amide bonds. The molecule has 294 valence electrons. The van der Waals surface area contributed by atoms with E-state index >= 15 is 0 Å². The number of nitrogens with one attached hydrogen (secondary N) is 2. The van der Waals surface area contributed by atoms with Gasteiger partial charge in [-0.05, 0) is 66.9 Å². The van der Waals surface area contributed by atoms with Gasteiger partial charge in [0.05, 0.1) is 36.5 Å². The van der Waals surface area contributed by atoms with Crippen LogP contribution in [-0.2, 0) is 18.9 Å². The van der Waals surface area contributed by atoms with Gasteiger partial charge in [-0.15, -0.1) is 0 Å². The molecule has 0 radical (unpaired) electrons. The first kappa shape index (κ1) is 37.5. The summed E-state index contributed by atoms with van der Waals surface area (Å²) in [7, 11) is 4.99. The van der Waals surface area contributed by atoms with Gasteiger partial charge < -0.3 is 39.9 Å². The maximum atomic E-state index is 13.5. The van der Waals surface area contributed by atoms with Crippen molar-refractivity contribution in [2.45, 2.75) is 25.3 Å². The highest BCUT2D eigenvalue weighted by Crippen LogP contribution is 2.38. The van der Waals surface area contributed by atoms with Gasteiger partial charge in [-0.2, -0.15) is 0 Å². The van der Waals surface area contributed by atoms with E-state index in [1.54, 1.807) is 70.0 Å². The van der Waals surface area contributed by atoms with Gasteiger partial charge in [0, 0.05) is 80.3 Å². The van der Waals surface area contributed by atoms with Gasteiger partial charge in [0.1, 0.15) is 5.69 Å². The number of hydrogen-bond acceptors (Lipinski definition) is 9. The number of anilines is 3. The van der Waals surface area contributed by atoms with E-state index in [0.717, 1.165) is 27.6 Å². The van der Waals surface area contributed by atoms with E-state index < -0.39 is 5.91 Å². The second kappa shape index (κ2) is 15.3. The van der Waals surface area contributed by atoms with Crippen LogP contribution >= 0.6 is 0 Å². The number of aromatic nitrogens is 4. The number of aliphatic imine (C=N–C) groups is 1. The summed E-state index contributed by atoms with van der Waals surface area (Å²) in [6.07, 6.45) is 8.15. The molecule has 15 heteroatoms. The monoisotopic (exact) mass is 779 g/mol. The zero-order chi connectivity index (χ0) is 40.7. The van der Waals surface area contributed by atoms with E-state index in [4.69, 9.17) is 15.2 Å². The van der Waals surface area contributed by atoms with Crippen LogP contribution in [0.2, 0.25) is 0 Å². The van der Waals surface area contributed by atoms with Crippen molar-refractivity contribution in [1.29, 1.82) is 0 Å². The van der Waals surface area contributed by atoms with Gasteiger partial charge in [0.2, 0.25) is 11.7 Å². The van der Waals surface area contributed by atoms with E-state index in [1.165, 1.54) is 11.7 Å². The van der Waals surface area contributed by atoms with Crippen LogP contribution in [-0.4, -0.2) is 79.7 Å². The van der Waals surface area contributed by atoms with Gasteiger partial charge in [-0.3, -0.25) is 28.7 Å². The molecule has 8 rings (SSSR count). The van der Waals surface area contributed by atoms with Crippen molar-refractivity contribution in [3.05, 3.63) is 115 Å². The number of carbonyl (C=O) groups is 4. The summed E-state index contributed by atoms with van der Waals surface area (Å²) < 4.78 is 16.4. The zero-order valence-electron chi connectivity index (χ0n) is 32.2. The SMILES string of the molecule is C=C1CC2C=Nc3cc(OCCCC(=O)Nc4cn(C)c(C(=O)Nc5ccc(-c6cc(C(=O)n7ccc8cc(N)ccc87)n(C)c6)cc5)n4)c(OC)cc3C(=O)N2C1. The summed E-state index contributed by atoms with van der Waals surface area (Å²) in [6, 6.07) is 19.6. The highest BCUT2D eigenvalue weighted by molar-refractivity contribution is 6.05. The van der Waals surface area contributed by atoms with Crippen molar-refractivity contribution in [2.75, 3.05) is 36.6 Å². The van der Waals surface area contributed by atoms with Crippen LogP contribution in [0.1, 0.15) is 50.7 Å². The molecule has 3 aromatic carbocycles. The number of nitrogens with zero attached hydrogens (tertiary/aromatic N) is 6. The number of imidazole rings is 1. The maximum Gasteiger partial charge on any atom is 0.291 e. The molecule has 1 atom stereocenters. The molecule has 15 nitrogen and oxygen atoms in total. The summed E-state index contributed by atoms with van der Waals surface area (Å²) in [5.74, 6) is 0.104. The van der Waals surface area contributed by atoms with Crippen molar-refractivity contribution >= 4 is 63.6 Å². The third kappa shape index (κ3) is 7.32. The standard InChI is InChI=1S/C43H41N9O6/c1-25-16-31-21-45-33-20-37(36(57-4)19-32(33)42(55)52(31)22-25)58-15-5-6-39(53)47-38-24-50(3)40(48-38)41(54)46-30-10-7-26(8-11-30)28-18-35(49(2)23-28)43(56)51-14-13-27-17-29(44)9-12-34(27)51/h7-14,17-21,23-24,31H,1,5-6,15-16,22,44H2,2-4H3,(H,46,54)(H,47,53). The molecule has 1 fully saturated rings. The zero-order valence-corrected chi connectivity index (χ0v) is 32.2. The van der Waals surface area contributed by atoms with Crippen molar-refractivity contribution in [3.63, 3.8) is 0 Å². The van der Waals surface area contributed by atoms with Gasteiger partial charge in [-0.1, -0.05) is 24.3 Å². The Balaban J connectivity index is 0.840. The first-order chi connectivity index (χ1) is 27.9. The number of nitrogens with two attached hydrogens (primary N) is 1. The van der Waals surface area contributed by atoms with E-state index in [1.807, 2.05) is 49.6 Å². The predicted octanol–water partition coefficient (Wildman–Crippen LogP) is 6.20. The number of fused-ring (bicyclic) bond motifs is 3. The molecular weight excluding hydrogens is 739 g/mol. The topological polar surface area (TPSA) is 180 Å². The largest absolute Gasteiger partial charge is 0.493 e. The summed E-state index contributed by atoms with van der Waals surface area (Å²) >= 11 is 0. The minimum atomic E-state index is -0.455. The third-order valence-corrected chi connectivity index (χ3v) is 10.2. The van der Waals surface area contributed by atoms with Crippen LogP contribution in [0.3, 0.4) is 0 Å². The van der Waals surface area contributed by atoms with Gasteiger partial charge in [0.15, 0.2) is 17.3 Å². The van der Waals surface area contributed by atoms with Crippen LogP contribution in [0.15, 0.2) is 102 Å². The molecule has 0 bridgehead atoms. The molecule has 1 unspecified atom stereocenters. The van der Waals surface area contributed by atoms with Gasteiger partial charge >= 0.3 is 0 Å². The summed E-state index contributed by atoms with van der Waals surface area (Å²) in [5.41, 5.74) is 12.0. The molecule has 0 saturated carbocycles. The smallest absolute Gasteiger partial charge is 0.291 e. The highest BCUT2D eigenvalue weighted by Gasteiger charge is 2.34. The number of carbonyl (C=O) groups excluding carboxylic acids is 4. The molecule has 1 saturated heterocycles. The number of methoxy groups -OCH3 is 1. The average Bonchev–Trinajstić information content (AvgIpc) is 3.98. The molecule has 0 aliphatic carbocycles. The number of rotatable bonds is 11. The third-order valence-electron chi connectivity index (χ3n) is 10.2. The number of ether oxygens (including phenoxy) is 2. The Morgan fingerprint density at radius 1 is 0.948 bits per heavy atom. The lowest BCUT2D eigenvalue weighted by molar-refractivity contribution is -0.116. The van der Waals surface area contributed by atoms with E-state index in [9.17, 15) is 19.2 Å². The lowest BCUT2D eigenvalue weighted by atomic mass is 10.1. The average molecular weight is 780 g/mol. The Morgan fingerprint density at radius 3 is 2.55 bits per heavy atom. The summed E-state index contributed by atoms with van der Waals surface area (Å²) in [6.45, 7) is 4.72. The van der Waals surface area contributed by atoms with Crippen molar-refractivity contribution in [1.82, 2.24) is 23.6 Å². The van der Waals surface area contributed by atoms with Crippen molar-refractivity contribution in [3.8, 4) is 22.6 Å². The first-order valence-electron chi connectivity index (χ1n) is 18.6. The molecule has 4 N–H and O–H groups in total. The molecule has 3 aromatic heterocycles. The normalized spacial score (nSPS) is 14.6. The minimum absolute atomic E-state index is 0.107. The number of amides is 3. The van der Waals surface area contributed by atoms with Gasteiger partial charge in [-0.25, -0.2) is 4.98 Å². The van der Waals surface area contributed by atoms with Crippen molar-refractivity contribution < 1.29 is 28.7 Å². The Kier molecular flexibility index (Phi) is 9.86. The molecule has 5 heterocycles. The second-order valence-electron chi connectivity index (χ2n) is 14.4. The summed E-state index contributed by atoms with van der Waals surface area (Å²) in [5, 5.41) is 6.49. The first-order valence-corrected chi connectivity index (χ1v) is 18.6. The number of hydrogen-bond donors (Lipinski definition) is 3. The quantitative estimate of drug-likeness (QED) is 0.0791. The van der Waals surface area contributed by atoms with Crippen LogP contribution in [0, 0.1) is 0 Å². The van der Waals surface area contributed by atoms with Crippen LogP contribution in [0.5, 0.6) is 11.5 Å². The number of aryl methyl sites for hydroxylation is 2. The second-order valence-corrected chi connectivity index (χ2v) is 14.4. The van der Waals surface area contributed by atoms with E-state index in [-0.39, 0.29) is 48.4 Å². The lowest BCUT2D eigenvalue weighted by Crippen LogP contribution is -2.35. The molecular formula is C43H41N9O6. The maximum absolute atomic E-state index is 13.5. The Labute approximate surface area is 333 Å². The minimum Gasteiger partial charge on any atom is -0.493 e. The Bertz CT molecular complexity index is 2670. The fourth-order valence-electron chi connectivity index (χ4n) is 7.29. The fraction of sp³-hybridized carbons (Fsp3) is 0.209. The van der Waals surface area contributed by atoms with E-state index in [2.05, 4.69) is 27.2 Å². The number of benzene rings is 3. The molecule has 2 aliphatic heterocycles. The van der Waals surface area contributed by atoms with Crippen LogP contribution < -0.4 is 25.8 Å². The number of nitrogen functional groups attached to an aromatic ring is 1. The van der Waals surface area contributed by atoms with Crippen LogP contribution in [0.4, 0.5) is 22.9 Å². The van der Waals surface area contributed by atoms with E-state index in [0.29, 0.717) is 59.2 Å². The lowest BCUT2D eigenvalue weighted by Gasteiger charge is -2.20. The molecule has 58 heavy (non-hydrogen) atoms. The van der Waals surface area contributed by atoms with Crippen molar-refractivity contribution in [2.24, 2.45) is 19.1 Å². The molecule has 2 aliphatic rings. The highest BCUT2D eigenvalue weighted by atomic mass is 16.5. The Morgan fingerprint density at radius 2 is 1.76 bits per heavy atom. The molecule has 0 spiro atoms. The Hall–Kier alpha value is -7.42. The fourth-order valence-corrected chi connectivity index (χ4v) is 7.29. The molecule has 6 aromatic rings.